The normalized spacial score (nSPS) is 10.7. The molecule has 0 unspecified atom stereocenters. The molecular formula is C30H35IN2O. The molecule has 0 aliphatic carbocycles. The highest BCUT2D eigenvalue weighted by atomic mass is 127. The fourth-order valence-electron chi connectivity index (χ4n) is 4.55. The Labute approximate surface area is 221 Å². The van der Waals surface area contributed by atoms with Gasteiger partial charge in [-0.25, -0.2) is 9.13 Å². The lowest BCUT2D eigenvalue weighted by atomic mass is 10.0. The number of ether oxygens (including phenoxy) is 1. The van der Waals surface area contributed by atoms with Crippen molar-refractivity contribution >= 4 is 0 Å². The monoisotopic (exact) mass is 566 g/mol. The van der Waals surface area contributed by atoms with E-state index in [9.17, 15) is 0 Å². The van der Waals surface area contributed by atoms with Gasteiger partial charge in [-0.15, -0.1) is 0 Å². The van der Waals surface area contributed by atoms with Gasteiger partial charge >= 0.3 is 0 Å². The van der Waals surface area contributed by atoms with E-state index in [0.717, 1.165) is 50.3 Å². The molecule has 4 rings (SSSR count). The quantitative estimate of drug-likeness (QED) is 0.206. The summed E-state index contributed by atoms with van der Waals surface area (Å²) in [7, 11) is 0. The zero-order valence-corrected chi connectivity index (χ0v) is 22.7. The van der Waals surface area contributed by atoms with E-state index in [2.05, 4.69) is 115 Å². The predicted octanol–water partition coefficient (Wildman–Crippen LogP) is 4.39. The summed E-state index contributed by atoms with van der Waals surface area (Å²) in [5, 5.41) is 0. The molecule has 0 atom stereocenters. The van der Waals surface area contributed by atoms with E-state index < -0.39 is 0 Å². The zero-order valence-electron chi connectivity index (χ0n) is 20.5. The number of hydrogen-bond acceptors (Lipinski definition) is 1. The molecule has 3 nitrogen and oxygen atoms in total. The van der Waals surface area contributed by atoms with Crippen LogP contribution in [0.4, 0.5) is 0 Å². The molecule has 178 valence electrons. The topological polar surface area (TPSA) is 18.0 Å². The van der Waals surface area contributed by atoms with Gasteiger partial charge in [0.2, 0.25) is 0 Å². The maximum Gasteiger partial charge on any atom is 0.293 e. The molecule has 0 bridgehead atoms. The highest BCUT2D eigenvalue weighted by Crippen LogP contribution is 2.38. The molecule has 0 aliphatic heterocycles. The molecule has 4 aromatic rings. The van der Waals surface area contributed by atoms with Crippen LogP contribution in [0, 0.1) is 0 Å². The Morgan fingerprint density at radius 3 is 1.94 bits per heavy atom. The van der Waals surface area contributed by atoms with Gasteiger partial charge in [-0.1, -0.05) is 93.6 Å². The molecule has 34 heavy (non-hydrogen) atoms. The molecule has 4 heteroatoms. The molecule has 0 aliphatic rings. The van der Waals surface area contributed by atoms with Crippen LogP contribution in [-0.2, 0) is 13.1 Å². The number of imidazole rings is 1. The maximum absolute atomic E-state index is 6.24. The fraction of sp³-hybridized carbons (Fsp3) is 0.300. The third-order valence-electron chi connectivity index (χ3n) is 5.85. The van der Waals surface area contributed by atoms with Crippen LogP contribution in [-0.4, -0.2) is 11.2 Å². The first-order chi connectivity index (χ1) is 16.3. The van der Waals surface area contributed by atoms with Gasteiger partial charge in [-0.2, -0.15) is 0 Å². The zero-order chi connectivity index (χ0) is 23.0. The van der Waals surface area contributed by atoms with Crippen LogP contribution in [0.3, 0.4) is 0 Å². The van der Waals surface area contributed by atoms with Gasteiger partial charge < -0.3 is 28.7 Å². The smallest absolute Gasteiger partial charge is 0.293 e. The average molecular weight is 567 g/mol. The summed E-state index contributed by atoms with van der Waals surface area (Å²) in [6.07, 6.45) is 3.10. The van der Waals surface area contributed by atoms with Crippen molar-refractivity contribution in [1.82, 2.24) is 4.57 Å². The summed E-state index contributed by atoms with van der Waals surface area (Å²) in [5.74, 6) is 2.18. The second-order valence-electron chi connectivity index (χ2n) is 8.40. The van der Waals surface area contributed by atoms with Crippen molar-refractivity contribution in [3.05, 3.63) is 84.9 Å². The van der Waals surface area contributed by atoms with Crippen molar-refractivity contribution in [2.45, 2.75) is 53.1 Å². The Kier molecular flexibility index (Phi) is 9.75. The molecule has 0 N–H and O–H groups in total. The number of halogens is 1. The summed E-state index contributed by atoms with van der Waals surface area (Å²) >= 11 is 0. The largest absolute Gasteiger partial charge is 1.00 e. The molecule has 1 heterocycles. The number of nitrogens with zero attached hydrogens (tertiary/aromatic N) is 2. The van der Waals surface area contributed by atoms with Crippen LogP contribution in [0.25, 0.3) is 33.9 Å². The summed E-state index contributed by atoms with van der Waals surface area (Å²) in [6.45, 7) is 9.27. The number of aromatic nitrogens is 2. The Morgan fingerprint density at radius 2 is 1.32 bits per heavy atom. The third kappa shape index (κ3) is 5.38. The lowest BCUT2D eigenvalue weighted by molar-refractivity contribution is -0.674. The van der Waals surface area contributed by atoms with Crippen molar-refractivity contribution < 1.29 is 33.3 Å². The molecule has 0 saturated carbocycles. The number of rotatable bonds is 10. The first kappa shape index (κ1) is 26.0. The van der Waals surface area contributed by atoms with Gasteiger partial charge in [0.15, 0.2) is 11.4 Å². The minimum atomic E-state index is 0. The standard InChI is InChI=1S/C30H35N2O.HI/c1-4-21-31-28(24-15-9-7-10-16-24)29(25-17-11-8-12-18-25)32(22-5-2)30(31)26-19-13-14-20-27(26)33-23-6-3;/h7-20H,4-6,21-23H2,1-3H3;1H/q+1;/p-1. The molecule has 0 fully saturated rings. The van der Waals surface area contributed by atoms with E-state index in [1.54, 1.807) is 0 Å². The highest BCUT2D eigenvalue weighted by Gasteiger charge is 2.34. The van der Waals surface area contributed by atoms with Crippen molar-refractivity contribution in [2.24, 2.45) is 0 Å². The Balaban J connectivity index is 0.00000324. The van der Waals surface area contributed by atoms with Crippen LogP contribution >= 0.6 is 0 Å². The van der Waals surface area contributed by atoms with Crippen LogP contribution in [0.2, 0.25) is 0 Å². The Hall–Kier alpha value is -2.60. The SMILES string of the molecule is CCCOc1ccccc1-c1n(CCC)c(-c2ccccc2)c(-c2ccccc2)[n+]1CCC.[I-]. The van der Waals surface area contributed by atoms with Crippen molar-refractivity contribution in [3.8, 4) is 39.7 Å². The van der Waals surface area contributed by atoms with Crippen molar-refractivity contribution in [1.29, 1.82) is 0 Å². The van der Waals surface area contributed by atoms with Crippen LogP contribution in [0.15, 0.2) is 84.9 Å². The van der Waals surface area contributed by atoms with Gasteiger partial charge in [-0.3, -0.25) is 0 Å². The number of para-hydroxylation sites is 1. The predicted molar refractivity (Wildman–Crippen MR) is 137 cm³/mol. The van der Waals surface area contributed by atoms with Gasteiger partial charge in [0.05, 0.1) is 19.7 Å². The molecule has 3 aromatic carbocycles. The Bertz CT molecular complexity index is 1100. The first-order valence-electron chi connectivity index (χ1n) is 12.3. The van der Waals surface area contributed by atoms with Gasteiger partial charge in [0.25, 0.3) is 5.82 Å². The summed E-state index contributed by atoms with van der Waals surface area (Å²) in [6, 6.07) is 30.1. The minimum absolute atomic E-state index is 0. The van der Waals surface area contributed by atoms with E-state index in [1.807, 2.05) is 0 Å². The van der Waals surface area contributed by atoms with E-state index >= 15 is 0 Å². The van der Waals surface area contributed by atoms with Gasteiger partial charge in [-0.05, 0) is 31.4 Å². The molecule has 1 aromatic heterocycles. The van der Waals surface area contributed by atoms with Crippen LogP contribution < -0.4 is 33.3 Å². The van der Waals surface area contributed by atoms with E-state index in [4.69, 9.17) is 4.74 Å². The Morgan fingerprint density at radius 1 is 0.706 bits per heavy atom. The number of hydrogen-bond donors (Lipinski definition) is 0. The summed E-state index contributed by atoms with van der Waals surface area (Å²) < 4.78 is 11.3. The maximum atomic E-state index is 6.24. The minimum Gasteiger partial charge on any atom is -1.00 e. The molecule has 0 saturated heterocycles. The second kappa shape index (κ2) is 12.7. The van der Waals surface area contributed by atoms with Gasteiger partial charge in [0.1, 0.15) is 11.3 Å². The lowest BCUT2D eigenvalue weighted by Gasteiger charge is -2.11. The molecule has 0 radical (unpaired) electrons. The van der Waals surface area contributed by atoms with Crippen molar-refractivity contribution in [2.75, 3.05) is 6.61 Å². The van der Waals surface area contributed by atoms with Crippen LogP contribution in [0.1, 0.15) is 40.0 Å². The van der Waals surface area contributed by atoms with E-state index in [1.165, 1.54) is 28.3 Å². The highest BCUT2D eigenvalue weighted by molar-refractivity contribution is 5.80. The van der Waals surface area contributed by atoms with E-state index in [-0.39, 0.29) is 24.0 Å². The van der Waals surface area contributed by atoms with Crippen molar-refractivity contribution in [3.63, 3.8) is 0 Å². The van der Waals surface area contributed by atoms with Crippen LogP contribution in [0.5, 0.6) is 5.75 Å². The first-order valence-corrected chi connectivity index (χ1v) is 12.3. The molecular weight excluding hydrogens is 531 g/mol. The van der Waals surface area contributed by atoms with Gasteiger partial charge in [0, 0.05) is 11.1 Å². The lowest BCUT2D eigenvalue weighted by Crippen LogP contribution is -3.00. The fourth-order valence-corrected chi connectivity index (χ4v) is 4.55. The van der Waals surface area contributed by atoms with E-state index in [0.29, 0.717) is 0 Å². The second-order valence-corrected chi connectivity index (χ2v) is 8.40. The molecule has 0 amide bonds. The summed E-state index contributed by atoms with van der Waals surface area (Å²) in [4.78, 5) is 0. The summed E-state index contributed by atoms with van der Waals surface area (Å²) in [5.41, 5.74) is 6.20. The number of benzene rings is 3. The third-order valence-corrected chi connectivity index (χ3v) is 5.85. The average Bonchev–Trinajstić information content (AvgIpc) is 3.18. The molecule has 0 spiro atoms.